The van der Waals surface area contributed by atoms with E-state index in [0.29, 0.717) is 17.7 Å². The number of amides is 1. The minimum atomic E-state index is -4.42. The smallest absolute Gasteiger partial charge is 0.416 e. The third-order valence-electron chi connectivity index (χ3n) is 6.59. The molecule has 34 heavy (non-hydrogen) atoms. The molecule has 1 unspecified atom stereocenters. The Hall–Kier alpha value is -2.94. The number of piperidine rings is 1. The lowest BCUT2D eigenvalue weighted by Gasteiger charge is -2.37. The van der Waals surface area contributed by atoms with Crippen LogP contribution in [0.2, 0.25) is 0 Å². The van der Waals surface area contributed by atoms with Crippen molar-refractivity contribution in [1.82, 2.24) is 10.2 Å². The molecule has 9 heteroatoms. The van der Waals surface area contributed by atoms with Gasteiger partial charge in [-0.05, 0) is 54.7 Å². The fraction of sp³-hybridized carbons (Fsp3) is 0.440. The van der Waals surface area contributed by atoms with Gasteiger partial charge >= 0.3 is 12.1 Å². The van der Waals surface area contributed by atoms with Crippen molar-refractivity contribution >= 4 is 11.9 Å². The maximum Gasteiger partial charge on any atom is 0.416 e. The van der Waals surface area contributed by atoms with Crippen molar-refractivity contribution in [3.05, 3.63) is 70.8 Å². The van der Waals surface area contributed by atoms with E-state index in [4.69, 9.17) is 4.74 Å². The highest BCUT2D eigenvalue weighted by Crippen LogP contribution is 2.46. The topological polar surface area (TPSA) is 58.6 Å². The van der Waals surface area contributed by atoms with Gasteiger partial charge in [-0.3, -0.25) is 9.69 Å². The molecule has 0 spiro atoms. The van der Waals surface area contributed by atoms with Crippen LogP contribution in [0.25, 0.3) is 0 Å². The summed E-state index contributed by atoms with van der Waals surface area (Å²) in [5, 5.41) is 3.07. The van der Waals surface area contributed by atoms with Gasteiger partial charge in [-0.25, -0.2) is 9.18 Å². The zero-order chi connectivity index (χ0) is 24.5. The minimum Gasteiger partial charge on any atom is -0.465 e. The van der Waals surface area contributed by atoms with E-state index in [1.165, 1.54) is 19.2 Å². The first kappa shape index (κ1) is 24.2. The summed E-state index contributed by atoms with van der Waals surface area (Å²) in [6, 6.07) is 10.9. The van der Waals surface area contributed by atoms with Gasteiger partial charge in [-0.15, -0.1) is 0 Å². The largest absolute Gasteiger partial charge is 0.465 e. The number of rotatable bonds is 6. The summed E-state index contributed by atoms with van der Waals surface area (Å²) in [5.74, 6) is -0.751. The predicted molar refractivity (Wildman–Crippen MR) is 117 cm³/mol. The van der Waals surface area contributed by atoms with Crippen LogP contribution in [0.15, 0.2) is 48.5 Å². The Morgan fingerprint density at radius 3 is 2.29 bits per heavy atom. The zero-order valence-electron chi connectivity index (χ0n) is 18.7. The number of hydrogen-bond acceptors (Lipinski definition) is 4. The van der Waals surface area contributed by atoms with Crippen molar-refractivity contribution < 1.29 is 31.9 Å². The van der Waals surface area contributed by atoms with E-state index in [1.54, 1.807) is 24.3 Å². The first-order valence-electron chi connectivity index (χ1n) is 11.2. The van der Waals surface area contributed by atoms with Crippen LogP contribution in [0.4, 0.5) is 17.6 Å². The fourth-order valence-electron chi connectivity index (χ4n) is 4.44. The molecular formula is C25H26F4N2O3. The molecule has 2 aromatic carbocycles. The second-order valence-electron chi connectivity index (χ2n) is 8.94. The molecule has 0 aromatic heterocycles. The summed E-state index contributed by atoms with van der Waals surface area (Å²) in [4.78, 5) is 26.7. The number of likely N-dealkylation sites (tertiary alicyclic amines) is 1. The normalized spacial score (nSPS) is 22.1. The third kappa shape index (κ3) is 5.24. The molecule has 1 saturated carbocycles. The number of halogens is 4. The number of nitrogens with one attached hydrogen (secondary N) is 1. The maximum absolute atomic E-state index is 14.2. The highest BCUT2D eigenvalue weighted by molar-refractivity contribution is 5.89. The fourth-order valence-corrected chi connectivity index (χ4v) is 4.44. The summed E-state index contributed by atoms with van der Waals surface area (Å²) < 4.78 is 57.5. The van der Waals surface area contributed by atoms with Crippen LogP contribution in [0.3, 0.4) is 0 Å². The Morgan fingerprint density at radius 2 is 1.74 bits per heavy atom. The number of alkyl halides is 4. The van der Waals surface area contributed by atoms with E-state index in [9.17, 15) is 27.2 Å². The summed E-state index contributed by atoms with van der Waals surface area (Å²) in [6.07, 6.45) is -3.79. The first-order chi connectivity index (χ1) is 16.1. The van der Waals surface area contributed by atoms with Crippen molar-refractivity contribution in [2.24, 2.45) is 0 Å². The van der Waals surface area contributed by atoms with Gasteiger partial charge in [0.1, 0.15) is 6.17 Å². The lowest BCUT2D eigenvalue weighted by Crippen LogP contribution is -2.53. The molecule has 4 rings (SSSR count). The lowest BCUT2D eigenvalue weighted by atomic mass is 9.97. The van der Waals surface area contributed by atoms with E-state index in [-0.39, 0.29) is 25.3 Å². The lowest BCUT2D eigenvalue weighted by molar-refractivity contribution is -0.137. The van der Waals surface area contributed by atoms with Gasteiger partial charge < -0.3 is 10.1 Å². The van der Waals surface area contributed by atoms with Crippen LogP contribution in [0.5, 0.6) is 0 Å². The van der Waals surface area contributed by atoms with Gasteiger partial charge in [-0.2, -0.15) is 13.2 Å². The number of carbonyl (C=O) groups excluding carboxylic acids is 2. The summed E-state index contributed by atoms with van der Waals surface area (Å²) in [5.41, 5.74) is 0.596. The molecule has 1 heterocycles. The molecule has 2 aliphatic rings. The van der Waals surface area contributed by atoms with E-state index in [0.717, 1.165) is 30.5 Å². The summed E-state index contributed by atoms with van der Waals surface area (Å²) >= 11 is 0. The van der Waals surface area contributed by atoms with Crippen molar-refractivity contribution in [3.63, 3.8) is 0 Å². The monoisotopic (exact) mass is 478 g/mol. The van der Waals surface area contributed by atoms with Crippen molar-refractivity contribution in [1.29, 1.82) is 0 Å². The molecule has 1 aliphatic carbocycles. The van der Waals surface area contributed by atoms with Crippen LogP contribution in [-0.2, 0) is 27.8 Å². The van der Waals surface area contributed by atoms with Gasteiger partial charge in [0, 0.05) is 19.5 Å². The number of ether oxygens (including phenoxy) is 1. The molecule has 0 radical (unpaired) electrons. The molecule has 1 amide bonds. The van der Waals surface area contributed by atoms with Crippen molar-refractivity contribution in [2.75, 3.05) is 13.7 Å². The number of hydrogen-bond donors (Lipinski definition) is 1. The quantitative estimate of drug-likeness (QED) is 0.487. The van der Waals surface area contributed by atoms with Crippen LogP contribution >= 0.6 is 0 Å². The Balaban J connectivity index is 1.46. The van der Waals surface area contributed by atoms with Gasteiger partial charge in [0.25, 0.3) is 0 Å². The third-order valence-corrected chi connectivity index (χ3v) is 6.59. The first-order valence-corrected chi connectivity index (χ1v) is 11.2. The zero-order valence-corrected chi connectivity index (χ0v) is 18.7. The van der Waals surface area contributed by atoms with Crippen LogP contribution in [0.1, 0.15) is 52.7 Å². The van der Waals surface area contributed by atoms with Crippen LogP contribution in [-0.4, -0.2) is 42.6 Å². The molecule has 1 aliphatic heterocycles. The second-order valence-corrected chi connectivity index (χ2v) is 8.94. The molecule has 5 nitrogen and oxygen atoms in total. The van der Waals surface area contributed by atoms with Gasteiger partial charge in [0.2, 0.25) is 5.91 Å². The number of methoxy groups -OCH3 is 1. The Morgan fingerprint density at radius 1 is 1.09 bits per heavy atom. The second kappa shape index (κ2) is 9.37. The molecule has 182 valence electrons. The number of nitrogens with zero attached hydrogens (tertiary/aromatic N) is 1. The van der Waals surface area contributed by atoms with Crippen molar-refractivity contribution in [3.8, 4) is 0 Å². The molecular weight excluding hydrogens is 452 g/mol. The summed E-state index contributed by atoms with van der Waals surface area (Å²) in [7, 11) is 1.30. The average Bonchev–Trinajstić information content (AvgIpc) is 3.60. The molecule has 1 N–H and O–H groups in total. The number of esters is 1. The Kier molecular flexibility index (Phi) is 6.66. The number of benzene rings is 2. The van der Waals surface area contributed by atoms with Crippen LogP contribution in [0, 0.1) is 0 Å². The molecule has 1 saturated heterocycles. The molecule has 2 atom stereocenters. The van der Waals surface area contributed by atoms with Gasteiger partial charge in [0.15, 0.2) is 0 Å². The predicted octanol–water partition coefficient (Wildman–Crippen LogP) is 4.60. The minimum absolute atomic E-state index is 0.0316. The highest BCUT2D eigenvalue weighted by atomic mass is 19.4. The Labute approximate surface area is 195 Å². The van der Waals surface area contributed by atoms with E-state index >= 15 is 0 Å². The number of carbonyl (C=O) groups is 2. The van der Waals surface area contributed by atoms with Gasteiger partial charge in [-0.1, -0.05) is 24.3 Å². The molecule has 2 aromatic rings. The van der Waals surface area contributed by atoms with Crippen molar-refractivity contribution in [2.45, 2.75) is 56.2 Å². The highest BCUT2D eigenvalue weighted by Gasteiger charge is 2.47. The standard InChI is InChI=1S/C25H26F4N2O3/c1-34-23(33)17-4-8-18(9-5-17)24(11-12-24)30-22(32)21-14-20(26)10-13-31(21)15-16-2-6-19(7-3-16)25(27,28)29/h2-9,20-21H,10-15H2,1H3,(H,30,32)/t20?,21-/m1/s1. The molecule has 0 bridgehead atoms. The van der Waals surface area contributed by atoms with Crippen LogP contribution < -0.4 is 5.32 Å². The Bertz CT molecular complexity index is 1030. The maximum atomic E-state index is 14.2. The summed E-state index contributed by atoms with van der Waals surface area (Å²) in [6.45, 7) is 0.588. The van der Waals surface area contributed by atoms with E-state index < -0.39 is 35.5 Å². The molecule has 2 fully saturated rings. The van der Waals surface area contributed by atoms with E-state index in [2.05, 4.69) is 5.32 Å². The SMILES string of the molecule is COC(=O)c1ccc(C2(NC(=O)[C@H]3CC(F)CCN3Cc3ccc(C(F)(F)F)cc3)CC2)cc1. The van der Waals surface area contributed by atoms with E-state index in [1.807, 2.05) is 4.90 Å². The average molecular weight is 478 g/mol. The van der Waals surface area contributed by atoms with Gasteiger partial charge in [0.05, 0.1) is 29.8 Å².